The van der Waals surface area contributed by atoms with Crippen molar-refractivity contribution in [1.82, 2.24) is 0 Å². The number of carbonyl (C=O) groups is 2. The van der Waals surface area contributed by atoms with Crippen LogP contribution in [-0.4, -0.2) is 26.0 Å². The van der Waals surface area contributed by atoms with Gasteiger partial charge in [0, 0.05) is 22.8 Å². The van der Waals surface area contributed by atoms with E-state index >= 15 is 0 Å². The van der Waals surface area contributed by atoms with Gasteiger partial charge in [-0.2, -0.15) is 0 Å². The molecule has 3 aromatic carbocycles. The Bertz CT molecular complexity index is 1180. The largest absolute Gasteiger partial charge is 0.497 e. The number of ether oxygens (including phenoxy) is 2. The Balaban J connectivity index is 1.91. The molecular formula is C25H21NO4. The van der Waals surface area contributed by atoms with Crippen molar-refractivity contribution in [2.24, 2.45) is 0 Å². The number of methoxy groups -OCH3 is 2. The van der Waals surface area contributed by atoms with E-state index in [4.69, 9.17) is 9.47 Å². The number of anilines is 1. The maximum atomic E-state index is 13.5. The smallest absolute Gasteiger partial charge is 0.265 e. The highest BCUT2D eigenvalue weighted by molar-refractivity contribution is 6.43. The fourth-order valence-corrected chi connectivity index (χ4v) is 3.59. The number of imide groups is 1. The first-order valence-corrected chi connectivity index (χ1v) is 9.52. The van der Waals surface area contributed by atoms with Crippen molar-refractivity contribution in [1.29, 1.82) is 0 Å². The van der Waals surface area contributed by atoms with Gasteiger partial charge in [-0.1, -0.05) is 30.3 Å². The van der Waals surface area contributed by atoms with Crippen LogP contribution in [0, 0.1) is 6.92 Å². The number of carbonyl (C=O) groups excluding carboxylic acids is 2. The van der Waals surface area contributed by atoms with Crippen LogP contribution in [0.5, 0.6) is 11.5 Å². The SMILES string of the molecule is COc1ccc(/C=C2\C(=O)N(c3cccc(C)c3)C(=O)c3ccccc32)c(OC)c1. The van der Waals surface area contributed by atoms with Crippen LogP contribution in [0.15, 0.2) is 66.7 Å². The first-order chi connectivity index (χ1) is 14.5. The Labute approximate surface area is 175 Å². The van der Waals surface area contributed by atoms with E-state index in [1.54, 1.807) is 56.7 Å². The lowest BCUT2D eigenvalue weighted by Crippen LogP contribution is -2.41. The van der Waals surface area contributed by atoms with Gasteiger partial charge in [-0.25, -0.2) is 4.90 Å². The van der Waals surface area contributed by atoms with Gasteiger partial charge in [0.1, 0.15) is 11.5 Å². The molecule has 0 atom stereocenters. The first-order valence-electron chi connectivity index (χ1n) is 9.52. The molecule has 1 heterocycles. The topological polar surface area (TPSA) is 55.8 Å². The van der Waals surface area contributed by atoms with Gasteiger partial charge in [0.25, 0.3) is 11.8 Å². The summed E-state index contributed by atoms with van der Waals surface area (Å²) in [5.74, 6) is 0.522. The van der Waals surface area contributed by atoms with Gasteiger partial charge in [0.05, 0.1) is 19.9 Å². The van der Waals surface area contributed by atoms with Gasteiger partial charge in [0.2, 0.25) is 0 Å². The minimum atomic E-state index is -0.373. The van der Waals surface area contributed by atoms with Crippen LogP contribution in [0.25, 0.3) is 11.6 Å². The molecule has 0 saturated carbocycles. The lowest BCUT2D eigenvalue weighted by atomic mass is 9.91. The van der Waals surface area contributed by atoms with Crippen molar-refractivity contribution in [2.45, 2.75) is 6.92 Å². The number of hydrogen-bond donors (Lipinski definition) is 0. The molecule has 4 rings (SSSR count). The Hall–Kier alpha value is -3.86. The molecule has 150 valence electrons. The summed E-state index contributed by atoms with van der Waals surface area (Å²) in [5, 5.41) is 0. The summed E-state index contributed by atoms with van der Waals surface area (Å²) in [5.41, 5.74) is 3.75. The van der Waals surface area contributed by atoms with Crippen LogP contribution in [0.2, 0.25) is 0 Å². The van der Waals surface area contributed by atoms with Crippen molar-refractivity contribution in [3.63, 3.8) is 0 Å². The minimum Gasteiger partial charge on any atom is -0.497 e. The summed E-state index contributed by atoms with van der Waals surface area (Å²) in [7, 11) is 3.15. The summed E-state index contributed by atoms with van der Waals surface area (Å²) in [6, 6.07) is 19.9. The molecule has 0 unspecified atom stereocenters. The Kier molecular flexibility index (Phi) is 5.11. The first kappa shape index (κ1) is 19.5. The van der Waals surface area contributed by atoms with E-state index in [-0.39, 0.29) is 11.8 Å². The average Bonchev–Trinajstić information content (AvgIpc) is 2.77. The third kappa shape index (κ3) is 3.35. The van der Waals surface area contributed by atoms with Gasteiger partial charge in [-0.05, 0) is 54.5 Å². The van der Waals surface area contributed by atoms with Crippen molar-refractivity contribution in [3.05, 3.63) is 89.0 Å². The maximum Gasteiger partial charge on any atom is 0.265 e. The number of aryl methyl sites for hydroxylation is 1. The van der Waals surface area contributed by atoms with Crippen molar-refractivity contribution >= 4 is 29.2 Å². The molecule has 0 spiro atoms. The number of benzene rings is 3. The Morgan fingerprint density at radius 3 is 2.27 bits per heavy atom. The van der Waals surface area contributed by atoms with E-state index in [9.17, 15) is 9.59 Å². The quantitative estimate of drug-likeness (QED) is 0.470. The molecule has 3 aromatic rings. The van der Waals surface area contributed by atoms with E-state index in [0.29, 0.717) is 33.9 Å². The van der Waals surface area contributed by atoms with E-state index < -0.39 is 0 Å². The zero-order chi connectivity index (χ0) is 21.3. The molecule has 0 radical (unpaired) electrons. The predicted octanol–water partition coefficient (Wildman–Crippen LogP) is 4.74. The summed E-state index contributed by atoms with van der Waals surface area (Å²) in [6.45, 7) is 1.93. The fourth-order valence-electron chi connectivity index (χ4n) is 3.59. The second-order valence-corrected chi connectivity index (χ2v) is 7.00. The third-order valence-electron chi connectivity index (χ3n) is 5.08. The maximum absolute atomic E-state index is 13.5. The Morgan fingerprint density at radius 1 is 0.800 bits per heavy atom. The zero-order valence-electron chi connectivity index (χ0n) is 17.0. The number of amides is 2. The lowest BCUT2D eigenvalue weighted by molar-refractivity contribution is -0.112. The molecule has 0 bridgehead atoms. The predicted molar refractivity (Wildman–Crippen MR) is 117 cm³/mol. The minimum absolute atomic E-state index is 0.333. The van der Waals surface area contributed by atoms with Crippen LogP contribution < -0.4 is 14.4 Å². The second-order valence-electron chi connectivity index (χ2n) is 7.00. The van der Waals surface area contributed by atoms with Gasteiger partial charge < -0.3 is 9.47 Å². The van der Waals surface area contributed by atoms with Crippen molar-refractivity contribution < 1.29 is 19.1 Å². The zero-order valence-corrected chi connectivity index (χ0v) is 17.0. The van der Waals surface area contributed by atoms with Gasteiger partial charge >= 0.3 is 0 Å². The highest BCUT2D eigenvalue weighted by Gasteiger charge is 2.35. The monoisotopic (exact) mass is 399 g/mol. The number of rotatable bonds is 4. The van der Waals surface area contributed by atoms with Crippen LogP contribution in [0.4, 0.5) is 5.69 Å². The molecule has 0 fully saturated rings. The lowest BCUT2D eigenvalue weighted by Gasteiger charge is -2.29. The number of hydrogen-bond acceptors (Lipinski definition) is 4. The van der Waals surface area contributed by atoms with E-state index in [2.05, 4.69) is 0 Å². The molecule has 5 heteroatoms. The summed E-state index contributed by atoms with van der Waals surface area (Å²) >= 11 is 0. The average molecular weight is 399 g/mol. The molecule has 5 nitrogen and oxygen atoms in total. The van der Waals surface area contributed by atoms with E-state index in [1.807, 2.05) is 37.3 Å². The number of fused-ring (bicyclic) bond motifs is 1. The highest BCUT2D eigenvalue weighted by atomic mass is 16.5. The summed E-state index contributed by atoms with van der Waals surface area (Å²) in [4.78, 5) is 27.9. The Morgan fingerprint density at radius 2 is 1.57 bits per heavy atom. The number of nitrogens with zero attached hydrogens (tertiary/aromatic N) is 1. The van der Waals surface area contributed by atoms with Crippen LogP contribution in [0.1, 0.15) is 27.0 Å². The second kappa shape index (κ2) is 7.87. The molecule has 1 aliphatic rings. The molecule has 0 aromatic heterocycles. The molecule has 30 heavy (non-hydrogen) atoms. The summed E-state index contributed by atoms with van der Waals surface area (Å²) < 4.78 is 10.7. The fraction of sp³-hybridized carbons (Fsp3) is 0.120. The molecule has 2 amide bonds. The molecular weight excluding hydrogens is 378 g/mol. The summed E-state index contributed by atoms with van der Waals surface area (Å²) in [6.07, 6.45) is 1.76. The molecule has 0 aliphatic carbocycles. The van der Waals surface area contributed by atoms with E-state index in [1.165, 1.54) is 4.90 Å². The van der Waals surface area contributed by atoms with Crippen LogP contribution in [0.3, 0.4) is 0 Å². The standard InChI is InChI=1S/C25H21NO4/c1-16-7-6-8-18(13-16)26-24(27)21-10-5-4-9-20(21)22(25(26)28)14-17-11-12-19(29-2)15-23(17)30-3/h4-15H,1-3H3/b22-14-. The van der Waals surface area contributed by atoms with Gasteiger partial charge in [-0.15, -0.1) is 0 Å². The van der Waals surface area contributed by atoms with Crippen molar-refractivity contribution in [3.8, 4) is 11.5 Å². The van der Waals surface area contributed by atoms with Crippen LogP contribution >= 0.6 is 0 Å². The van der Waals surface area contributed by atoms with Gasteiger partial charge in [-0.3, -0.25) is 9.59 Å². The third-order valence-corrected chi connectivity index (χ3v) is 5.08. The molecule has 1 aliphatic heterocycles. The normalized spacial score (nSPS) is 14.6. The van der Waals surface area contributed by atoms with Gasteiger partial charge in [0.15, 0.2) is 0 Å². The van der Waals surface area contributed by atoms with Crippen LogP contribution in [-0.2, 0) is 4.79 Å². The van der Waals surface area contributed by atoms with Crippen molar-refractivity contribution in [2.75, 3.05) is 19.1 Å². The molecule has 0 N–H and O–H groups in total. The highest BCUT2D eigenvalue weighted by Crippen LogP contribution is 2.35. The molecule has 0 saturated heterocycles. The van der Waals surface area contributed by atoms with E-state index in [0.717, 1.165) is 11.1 Å².